The smallest absolute Gasteiger partial charge is 0.0938 e. The average Bonchev–Trinajstić information content (AvgIpc) is 2.63. The van der Waals surface area contributed by atoms with E-state index in [4.69, 9.17) is 11.6 Å². The number of benzene rings is 1. The van der Waals surface area contributed by atoms with Crippen LogP contribution in [0, 0.1) is 0 Å². The average molecular weight is 249 g/mol. The second kappa shape index (κ2) is 4.19. The number of halogens is 1. The molecule has 0 fully saturated rings. The molecule has 0 aliphatic rings. The number of aryl methyl sites for hydroxylation is 1. The lowest BCUT2D eigenvalue weighted by Crippen LogP contribution is -2.12. The van der Waals surface area contributed by atoms with Gasteiger partial charge in [0.2, 0.25) is 0 Å². The van der Waals surface area contributed by atoms with Gasteiger partial charge in [-0.05, 0) is 17.0 Å². The van der Waals surface area contributed by atoms with Gasteiger partial charge in [-0.1, -0.05) is 50.6 Å². The molecule has 90 valence electrons. The van der Waals surface area contributed by atoms with Crippen LogP contribution >= 0.6 is 11.6 Å². The molecule has 0 unspecified atom stereocenters. The maximum atomic E-state index is 6.49. The molecule has 0 saturated heterocycles. The first-order valence-electron chi connectivity index (χ1n) is 5.68. The summed E-state index contributed by atoms with van der Waals surface area (Å²) >= 11 is 6.49. The SMILES string of the molecule is Cn1ccc(-c2cccc(C(C)(C)C)c2Cl)n1. The minimum atomic E-state index is 0.0435. The zero-order chi connectivity index (χ0) is 12.6. The normalized spacial score (nSPS) is 11.8. The van der Waals surface area contributed by atoms with Gasteiger partial charge in [-0.2, -0.15) is 5.10 Å². The van der Waals surface area contributed by atoms with Gasteiger partial charge in [-0.3, -0.25) is 4.68 Å². The highest BCUT2D eigenvalue weighted by Crippen LogP contribution is 2.35. The Kier molecular flexibility index (Phi) is 3.00. The first-order valence-corrected chi connectivity index (χ1v) is 6.06. The third-order valence-corrected chi connectivity index (χ3v) is 3.20. The Balaban J connectivity index is 2.57. The largest absolute Gasteiger partial charge is 0.275 e. The first kappa shape index (κ1) is 12.2. The highest BCUT2D eigenvalue weighted by Gasteiger charge is 2.19. The molecule has 0 aliphatic heterocycles. The number of rotatable bonds is 1. The zero-order valence-corrected chi connectivity index (χ0v) is 11.4. The van der Waals surface area contributed by atoms with Crippen LogP contribution in [0.15, 0.2) is 30.5 Å². The summed E-state index contributed by atoms with van der Waals surface area (Å²) in [6, 6.07) is 8.11. The van der Waals surface area contributed by atoms with Gasteiger partial charge in [-0.15, -0.1) is 0 Å². The molecule has 3 heteroatoms. The summed E-state index contributed by atoms with van der Waals surface area (Å²) in [5, 5.41) is 5.20. The van der Waals surface area contributed by atoms with E-state index in [1.807, 2.05) is 31.4 Å². The van der Waals surface area contributed by atoms with Crippen LogP contribution in [0.2, 0.25) is 5.02 Å². The van der Waals surface area contributed by atoms with Gasteiger partial charge in [0.1, 0.15) is 0 Å². The van der Waals surface area contributed by atoms with E-state index >= 15 is 0 Å². The van der Waals surface area contributed by atoms with Gasteiger partial charge in [-0.25, -0.2) is 0 Å². The van der Waals surface area contributed by atoms with Crippen molar-refractivity contribution in [2.24, 2.45) is 7.05 Å². The lowest BCUT2D eigenvalue weighted by molar-refractivity contribution is 0.590. The van der Waals surface area contributed by atoms with E-state index in [0.717, 1.165) is 21.8 Å². The number of hydrogen-bond acceptors (Lipinski definition) is 1. The summed E-state index contributed by atoms with van der Waals surface area (Å²) in [5.41, 5.74) is 3.12. The van der Waals surface area contributed by atoms with Crippen molar-refractivity contribution in [2.75, 3.05) is 0 Å². The summed E-state index contributed by atoms with van der Waals surface area (Å²) in [5.74, 6) is 0. The van der Waals surface area contributed by atoms with E-state index < -0.39 is 0 Å². The van der Waals surface area contributed by atoms with E-state index in [-0.39, 0.29) is 5.41 Å². The molecule has 0 N–H and O–H groups in total. The van der Waals surface area contributed by atoms with Crippen molar-refractivity contribution in [3.05, 3.63) is 41.0 Å². The van der Waals surface area contributed by atoms with E-state index in [9.17, 15) is 0 Å². The van der Waals surface area contributed by atoms with Crippen molar-refractivity contribution in [2.45, 2.75) is 26.2 Å². The topological polar surface area (TPSA) is 17.8 Å². The van der Waals surface area contributed by atoms with Gasteiger partial charge in [0.25, 0.3) is 0 Å². The van der Waals surface area contributed by atoms with Crippen LogP contribution in [0.25, 0.3) is 11.3 Å². The molecule has 0 radical (unpaired) electrons. The second-order valence-electron chi connectivity index (χ2n) is 5.29. The van der Waals surface area contributed by atoms with Crippen LogP contribution < -0.4 is 0 Å². The zero-order valence-electron chi connectivity index (χ0n) is 10.7. The number of aromatic nitrogens is 2. The maximum Gasteiger partial charge on any atom is 0.0938 e. The maximum absolute atomic E-state index is 6.49. The fraction of sp³-hybridized carbons (Fsp3) is 0.357. The molecule has 0 atom stereocenters. The van der Waals surface area contributed by atoms with E-state index in [0.29, 0.717) is 0 Å². The van der Waals surface area contributed by atoms with Crippen molar-refractivity contribution < 1.29 is 0 Å². The Bertz CT molecular complexity index is 535. The van der Waals surface area contributed by atoms with Crippen molar-refractivity contribution in [1.29, 1.82) is 0 Å². The summed E-state index contributed by atoms with van der Waals surface area (Å²) in [6.45, 7) is 6.49. The minimum absolute atomic E-state index is 0.0435. The second-order valence-corrected chi connectivity index (χ2v) is 5.67. The molecule has 0 bridgehead atoms. The van der Waals surface area contributed by atoms with Crippen LogP contribution in [0.5, 0.6) is 0 Å². The monoisotopic (exact) mass is 248 g/mol. The lowest BCUT2D eigenvalue weighted by atomic mass is 9.86. The van der Waals surface area contributed by atoms with Crippen LogP contribution in [0.3, 0.4) is 0 Å². The number of nitrogens with zero attached hydrogens (tertiary/aromatic N) is 2. The minimum Gasteiger partial charge on any atom is -0.275 e. The highest BCUT2D eigenvalue weighted by molar-refractivity contribution is 6.34. The predicted molar refractivity (Wildman–Crippen MR) is 72.4 cm³/mol. The third kappa shape index (κ3) is 2.37. The molecule has 17 heavy (non-hydrogen) atoms. The molecule has 0 amide bonds. The van der Waals surface area contributed by atoms with Crippen LogP contribution in [0.1, 0.15) is 26.3 Å². The fourth-order valence-corrected chi connectivity index (χ4v) is 2.37. The van der Waals surface area contributed by atoms with Gasteiger partial charge in [0, 0.05) is 18.8 Å². The van der Waals surface area contributed by atoms with Gasteiger partial charge in [0.15, 0.2) is 0 Å². The van der Waals surface area contributed by atoms with Crippen molar-refractivity contribution >= 4 is 11.6 Å². The summed E-state index contributed by atoms with van der Waals surface area (Å²) in [4.78, 5) is 0. The lowest BCUT2D eigenvalue weighted by Gasteiger charge is -2.21. The Morgan fingerprint density at radius 2 is 1.88 bits per heavy atom. The van der Waals surface area contributed by atoms with E-state index in [2.05, 4.69) is 31.9 Å². The molecular weight excluding hydrogens is 232 g/mol. The van der Waals surface area contributed by atoms with Crippen LogP contribution in [0.4, 0.5) is 0 Å². The first-order chi connectivity index (χ1) is 7.89. The molecule has 2 aromatic rings. The molecule has 2 rings (SSSR count). The Labute approximate surface area is 107 Å². The summed E-state index contributed by atoms with van der Waals surface area (Å²) < 4.78 is 1.79. The molecule has 1 aromatic carbocycles. The highest BCUT2D eigenvalue weighted by atomic mass is 35.5. The van der Waals surface area contributed by atoms with E-state index in [1.54, 1.807) is 4.68 Å². The molecule has 0 saturated carbocycles. The molecule has 2 nitrogen and oxygen atoms in total. The molecule has 0 aliphatic carbocycles. The van der Waals surface area contributed by atoms with Crippen molar-refractivity contribution in [3.63, 3.8) is 0 Å². The molecular formula is C14H17ClN2. The standard InChI is InChI=1S/C14H17ClN2/c1-14(2,3)11-7-5-6-10(13(11)15)12-8-9-17(4)16-12/h5-9H,1-4H3. The Morgan fingerprint density at radius 1 is 1.18 bits per heavy atom. The van der Waals surface area contributed by atoms with Gasteiger partial charge < -0.3 is 0 Å². The molecule has 1 heterocycles. The third-order valence-electron chi connectivity index (χ3n) is 2.80. The van der Waals surface area contributed by atoms with Gasteiger partial charge in [0.05, 0.1) is 10.7 Å². The quantitative estimate of drug-likeness (QED) is 0.745. The predicted octanol–water partition coefficient (Wildman–Crippen LogP) is 4.04. The van der Waals surface area contributed by atoms with E-state index in [1.165, 1.54) is 0 Å². The molecule has 1 aromatic heterocycles. The molecule has 0 spiro atoms. The van der Waals surface area contributed by atoms with Crippen molar-refractivity contribution in [1.82, 2.24) is 9.78 Å². The van der Waals surface area contributed by atoms with Crippen LogP contribution in [-0.2, 0) is 12.5 Å². The number of hydrogen-bond donors (Lipinski definition) is 0. The Hall–Kier alpha value is -1.28. The summed E-state index contributed by atoms with van der Waals surface area (Å²) in [7, 11) is 1.91. The fourth-order valence-electron chi connectivity index (χ4n) is 1.87. The van der Waals surface area contributed by atoms with Crippen LogP contribution in [-0.4, -0.2) is 9.78 Å². The summed E-state index contributed by atoms with van der Waals surface area (Å²) in [6.07, 6.45) is 1.93. The van der Waals surface area contributed by atoms with Crippen molar-refractivity contribution in [3.8, 4) is 11.3 Å². The van der Waals surface area contributed by atoms with Gasteiger partial charge >= 0.3 is 0 Å². The Morgan fingerprint density at radius 3 is 2.41 bits per heavy atom.